The van der Waals surface area contributed by atoms with Gasteiger partial charge in [-0.2, -0.15) is 0 Å². The van der Waals surface area contributed by atoms with Crippen molar-refractivity contribution in [1.82, 2.24) is 0 Å². The van der Waals surface area contributed by atoms with Crippen molar-refractivity contribution in [3.8, 4) is 0 Å². The number of ketones is 1. The molecule has 1 aliphatic rings. The van der Waals surface area contributed by atoms with Gasteiger partial charge in [-0.25, -0.2) is 4.39 Å². The molecule has 0 heterocycles. The van der Waals surface area contributed by atoms with Crippen LogP contribution >= 0.6 is 11.6 Å². The standard InChI is InChI=1S/C12H12ClFO/c1-8(15)12(4-5-12)7-9-2-3-10(13)6-11(9)14/h2-3,6H,4-5,7H2,1H3. The number of hydrogen-bond donors (Lipinski definition) is 0. The molecule has 80 valence electrons. The predicted molar refractivity (Wildman–Crippen MR) is 57.5 cm³/mol. The first kappa shape index (κ1) is 10.6. The molecule has 0 atom stereocenters. The molecule has 0 aliphatic heterocycles. The molecule has 2 rings (SSSR count). The molecule has 1 aromatic carbocycles. The van der Waals surface area contributed by atoms with Crippen LogP contribution in [-0.2, 0) is 11.2 Å². The summed E-state index contributed by atoms with van der Waals surface area (Å²) >= 11 is 5.66. The fourth-order valence-corrected chi connectivity index (χ4v) is 1.99. The van der Waals surface area contributed by atoms with Gasteiger partial charge in [-0.3, -0.25) is 4.79 Å². The van der Waals surface area contributed by atoms with E-state index in [1.165, 1.54) is 6.07 Å². The van der Waals surface area contributed by atoms with Crippen LogP contribution in [0.25, 0.3) is 0 Å². The van der Waals surface area contributed by atoms with Crippen LogP contribution in [-0.4, -0.2) is 5.78 Å². The Hall–Kier alpha value is -0.890. The van der Waals surface area contributed by atoms with Crippen LogP contribution in [0.2, 0.25) is 5.02 Å². The van der Waals surface area contributed by atoms with Crippen molar-refractivity contribution in [2.45, 2.75) is 26.2 Å². The molecule has 3 heteroatoms. The lowest BCUT2D eigenvalue weighted by Gasteiger charge is -2.11. The molecule has 0 unspecified atom stereocenters. The van der Waals surface area contributed by atoms with Crippen molar-refractivity contribution in [2.75, 3.05) is 0 Å². The molecule has 0 N–H and O–H groups in total. The van der Waals surface area contributed by atoms with Gasteiger partial charge in [0.15, 0.2) is 0 Å². The highest BCUT2D eigenvalue weighted by atomic mass is 35.5. The zero-order valence-corrected chi connectivity index (χ0v) is 9.27. The first-order valence-electron chi connectivity index (χ1n) is 4.98. The highest BCUT2D eigenvalue weighted by Crippen LogP contribution is 2.49. The van der Waals surface area contributed by atoms with E-state index in [2.05, 4.69) is 0 Å². The van der Waals surface area contributed by atoms with E-state index in [4.69, 9.17) is 11.6 Å². The second kappa shape index (κ2) is 3.60. The number of Topliss-reactive ketones (excluding diaryl/α,β-unsaturated/α-hetero) is 1. The van der Waals surface area contributed by atoms with Crippen molar-refractivity contribution in [3.63, 3.8) is 0 Å². The summed E-state index contributed by atoms with van der Waals surface area (Å²) in [4.78, 5) is 11.4. The second-order valence-electron chi connectivity index (χ2n) is 4.25. The van der Waals surface area contributed by atoms with Gasteiger partial charge in [-0.05, 0) is 43.9 Å². The van der Waals surface area contributed by atoms with Crippen LogP contribution in [0.4, 0.5) is 4.39 Å². The summed E-state index contributed by atoms with van der Waals surface area (Å²) in [6.45, 7) is 1.58. The van der Waals surface area contributed by atoms with E-state index < -0.39 is 0 Å². The molecule has 1 aromatic rings. The Kier molecular flexibility index (Phi) is 2.55. The van der Waals surface area contributed by atoms with Crippen molar-refractivity contribution in [2.24, 2.45) is 5.41 Å². The third kappa shape index (κ3) is 2.05. The van der Waals surface area contributed by atoms with Gasteiger partial charge in [-0.15, -0.1) is 0 Å². The molecule has 0 radical (unpaired) electrons. The Labute approximate surface area is 93.2 Å². The number of benzene rings is 1. The summed E-state index contributed by atoms with van der Waals surface area (Å²) in [5, 5.41) is 0.393. The number of hydrogen-bond acceptors (Lipinski definition) is 1. The molecule has 0 saturated heterocycles. The minimum Gasteiger partial charge on any atom is -0.299 e. The quantitative estimate of drug-likeness (QED) is 0.772. The lowest BCUT2D eigenvalue weighted by Crippen LogP contribution is -2.15. The van der Waals surface area contributed by atoms with E-state index in [0.29, 0.717) is 17.0 Å². The maximum atomic E-state index is 13.5. The lowest BCUT2D eigenvalue weighted by atomic mass is 9.93. The Bertz CT molecular complexity index is 410. The number of halogens is 2. The maximum Gasteiger partial charge on any atom is 0.136 e. The van der Waals surface area contributed by atoms with E-state index >= 15 is 0 Å². The van der Waals surface area contributed by atoms with Gasteiger partial charge in [0.2, 0.25) is 0 Å². The first-order chi connectivity index (χ1) is 7.03. The molecule has 0 spiro atoms. The van der Waals surface area contributed by atoms with Crippen molar-refractivity contribution < 1.29 is 9.18 Å². The smallest absolute Gasteiger partial charge is 0.136 e. The van der Waals surface area contributed by atoms with Gasteiger partial charge in [0.1, 0.15) is 11.6 Å². The van der Waals surface area contributed by atoms with Crippen LogP contribution in [0.15, 0.2) is 18.2 Å². The summed E-state index contributed by atoms with van der Waals surface area (Å²) in [5.74, 6) is -0.146. The molecule has 0 aromatic heterocycles. The lowest BCUT2D eigenvalue weighted by molar-refractivity contribution is -0.121. The Balaban J connectivity index is 2.21. The summed E-state index contributed by atoms with van der Waals surface area (Å²) in [5.41, 5.74) is 0.307. The van der Waals surface area contributed by atoms with Gasteiger partial charge in [0, 0.05) is 10.4 Å². The van der Waals surface area contributed by atoms with Gasteiger partial charge in [0.05, 0.1) is 0 Å². The van der Waals surface area contributed by atoms with Crippen LogP contribution in [0, 0.1) is 11.2 Å². The molecule has 0 amide bonds. The average Bonchev–Trinajstić information content (AvgIpc) is 2.91. The fourth-order valence-electron chi connectivity index (χ4n) is 1.83. The van der Waals surface area contributed by atoms with E-state index in [1.807, 2.05) is 0 Å². The Morgan fingerprint density at radius 2 is 2.20 bits per heavy atom. The predicted octanol–water partition coefficient (Wildman–Crippen LogP) is 3.39. The average molecular weight is 227 g/mol. The first-order valence-corrected chi connectivity index (χ1v) is 5.36. The fraction of sp³-hybridized carbons (Fsp3) is 0.417. The van der Waals surface area contributed by atoms with E-state index in [1.54, 1.807) is 19.1 Å². The number of rotatable bonds is 3. The number of carbonyl (C=O) groups excluding carboxylic acids is 1. The molecular weight excluding hydrogens is 215 g/mol. The summed E-state index contributed by atoms with van der Waals surface area (Å²) in [6, 6.07) is 4.63. The van der Waals surface area contributed by atoms with Crippen molar-refractivity contribution >= 4 is 17.4 Å². The summed E-state index contributed by atoms with van der Waals surface area (Å²) in [7, 11) is 0. The molecular formula is C12H12ClFO. The minimum atomic E-state index is -0.310. The van der Waals surface area contributed by atoms with Gasteiger partial charge in [0.25, 0.3) is 0 Å². The highest BCUT2D eigenvalue weighted by molar-refractivity contribution is 6.30. The highest BCUT2D eigenvalue weighted by Gasteiger charge is 2.47. The molecule has 0 bridgehead atoms. The summed E-state index contributed by atoms with van der Waals surface area (Å²) < 4.78 is 13.5. The molecule has 15 heavy (non-hydrogen) atoms. The largest absolute Gasteiger partial charge is 0.299 e. The maximum absolute atomic E-state index is 13.5. The van der Waals surface area contributed by atoms with E-state index in [-0.39, 0.29) is 17.0 Å². The molecule has 1 saturated carbocycles. The Morgan fingerprint density at radius 3 is 2.67 bits per heavy atom. The van der Waals surface area contributed by atoms with Crippen LogP contribution in [0.1, 0.15) is 25.3 Å². The third-order valence-electron chi connectivity index (χ3n) is 3.14. The zero-order chi connectivity index (χ0) is 11.1. The van der Waals surface area contributed by atoms with Gasteiger partial charge in [-0.1, -0.05) is 17.7 Å². The molecule has 1 nitrogen and oxygen atoms in total. The van der Waals surface area contributed by atoms with E-state index in [9.17, 15) is 9.18 Å². The number of carbonyl (C=O) groups is 1. The normalized spacial score (nSPS) is 17.5. The van der Waals surface area contributed by atoms with Gasteiger partial charge >= 0.3 is 0 Å². The van der Waals surface area contributed by atoms with E-state index in [0.717, 1.165) is 12.8 Å². The van der Waals surface area contributed by atoms with Crippen LogP contribution in [0.3, 0.4) is 0 Å². The minimum absolute atomic E-state index is 0.164. The topological polar surface area (TPSA) is 17.1 Å². The Morgan fingerprint density at radius 1 is 1.53 bits per heavy atom. The monoisotopic (exact) mass is 226 g/mol. The molecule has 1 aliphatic carbocycles. The SMILES string of the molecule is CC(=O)C1(Cc2ccc(Cl)cc2F)CC1. The summed E-state index contributed by atoms with van der Waals surface area (Å²) in [6.07, 6.45) is 2.26. The molecule has 1 fully saturated rings. The van der Waals surface area contributed by atoms with Crippen LogP contribution < -0.4 is 0 Å². The zero-order valence-electron chi connectivity index (χ0n) is 8.52. The van der Waals surface area contributed by atoms with Gasteiger partial charge < -0.3 is 0 Å². The third-order valence-corrected chi connectivity index (χ3v) is 3.38. The van der Waals surface area contributed by atoms with Crippen molar-refractivity contribution in [1.29, 1.82) is 0 Å². The van der Waals surface area contributed by atoms with Crippen LogP contribution in [0.5, 0.6) is 0 Å². The second-order valence-corrected chi connectivity index (χ2v) is 4.69. The van der Waals surface area contributed by atoms with Crippen molar-refractivity contribution in [3.05, 3.63) is 34.6 Å².